The number of hydrogen-bond acceptors (Lipinski definition) is 7. The number of anilines is 1. The summed E-state index contributed by atoms with van der Waals surface area (Å²) in [7, 11) is 0. The summed E-state index contributed by atoms with van der Waals surface area (Å²) in [5.74, 6) is 0.215. The normalized spacial score (nSPS) is 15.3. The third-order valence-electron chi connectivity index (χ3n) is 4.93. The fraction of sp³-hybridized carbons (Fsp3) is 0.304. The van der Waals surface area contributed by atoms with Crippen LogP contribution in [0.4, 0.5) is 5.69 Å². The number of aromatic nitrogens is 2. The van der Waals surface area contributed by atoms with Gasteiger partial charge in [0.1, 0.15) is 12.4 Å². The highest BCUT2D eigenvalue weighted by molar-refractivity contribution is 7.13. The molecule has 1 saturated heterocycles. The number of rotatable bonds is 8. The van der Waals surface area contributed by atoms with Gasteiger partial charge in [0.05, 0.1) is 6.10 Å². The summed E-state index contributed by atoms with van der Waals surface area (Å²) in [6.07, 6.45) is 2.10. The molecule has 0 aliphatic carbocycles. The maximum absolute atomic E-state index is 12.5. The van der Waals surface area contributed by atoms with Crippen LogP contribution in [0.1, 0.15) is 43.6 Å². The van der Waals surface area contributed by atoms with Gasteiger partial charge in [-0.05, 0) is 61.7 Å². The van der Waals surface area contributed by atoms with Gasteiger partial charge in [0.25, 0.3) is 11.8 Å². The van der Waals surface area contributed by atoms with E-state index in [4.69, 9.17) is 9.47 Å². The predicted octanol–water partition coefficient (Wildman–Crippen LogP) is 3.59. The van der Waals surface area contributed by atoms with Gasteiger partial charge in [0, 0.05) is 24.4 Å². The summed E-state index contributed by atoms with van der Waals surface area (Å²) in [6.45, 7) is 3.49. The number of carbonyl (C=O) groups is 2. The number of nitrogens with one attached hydrogen (secondary N) is 2. The van der Waals surface area contributed by atoms with Crippen LogP contribution < -0.4 is 15.4 Å². The van der Waals surface area contributed by atoms with Gasteiger partial charge in [0.2, 0.25) is 5.01 Å². The van der Waals surface area contributed by atoms with E-state index in [1.807, 2.05) is 31.2 Å². The smallest absolute Gasteiger partial charge is 0.286 e. The Kier molecular flexibility index (Phi) is 7.08. The summed E-state index contributed by atoms with van der Waals surface area (Å²) in [4.78, 5) is 24.7. The summed E-state index contributed by atoms with van der Waals surface area (Å²) < 4.78 is 11.2. The van der Waals surface area contributed by atoms with E-state index in [0.29, 0.717) is 22.8 Å². The fourth-order valence-electron chi connectivity index (χ4n) is 3.26. The SMILES string of the molecule is Cc1cccc(OCc2nnc(C(=O)Nc3ccc(C(=O)NC[C@H]4CCCO4)cc3)s2)c1. The molecule has 0 bridgehead atoms. The van der Waals surface area contributed by atoms with Gasteiger partial charge < -0.3 is 20.1 Å². The van der Waals surface area contributed by atoms with E-state index in [-0.39, 0.29) is 29.5 Å². The Morgan fingerprint density at radius 2 is 2.00 bits per heavy atom. The molecule has 4 rings (SSSR count). The summed E-state index contributed by atoms with van der Waals surface area (Å²) in [6, 6.07) is 14.4. The molecule has 2 N–H and O–H groups in total. The topological polar surface area (TPSA) is 102 Å². The Hall–Kier alpha value is -3.30. The third-order valence-corrected chi connectivity index (χ3v) is 5.83. The minimum absolute atomic E-state index is 0.0940. The third kappa shape index (κ3) is 5.89. The number of aryl methyl sites for hydroxylation is 1. The van der Waals surface area contributed by atoms with Gasteiger partial charge in [-0.25, -0.2) is 0 Å². The number of carbonyl (C=O) groups excluding carboxylic acids is 2. The largest absolute Gasteiger partial charge is 0.486 e. The zero-order chi connectivity index (χ0) is 22.3. The highest BCUT2D eigenvalue weighted by atomic mass is 32.1. The molecule has 0 spiro atoms. The lowest BCUT2D eigenvalue weighted by atomic mass is 10.2. The van der Waals surface area contributed by atoms with Crippen LogP contribution in [0.15, 0.2) is 48.5 Å². The Labute approximate surface area is 190 Å². The van der Waals surface area contributed by atoms with Crippen molar-refractivity contribution < 1.29 is 19.1 Å². The van der Waals surface area contributed by atoms with Crippen LogP contribution in [-0.2, 0) is 11.3 Å². The maximum Gasteiger partial charge on any atom is 0.286 e. The molecule has 3 aromatic rings. The van der Waals surface area contributed by atoms with Crippen LogP contribution in [-0.4, -0.2) is 41.3 Å². The second-order valence-corrected chi connectivity index (χ2v) is 8.54. The number of benzene rings is 2. The van der Waals surface area contributed by atoms with Crippen molar-refractivity contribution in [2.24, 2.45) is 0 Å². The first-order valence-electron chi connectivity index (χ1n) is 10.4. The quantitative estimate of drug-likeness (QED) is 0.542. The van der Waals surface area contributed by atoms with E-state index in [0.717, 1.165) is 30.8 Å². The van der Waals surface area contributed by atoms with Gasteiger partial charge in [-0.2, -0.15) is 0 Å². The minimum atomic E-state index is -0.361. The maximum atomic E-state index is 12.5. The monoisotopic (exact) mass is 452 g/mol. The van der Waals surface area contributed by atoms with Gasteiger partial charge in [-0.3, -0.25) is 9.59 Å². The average molecular weight is 453 g/mol. The van der Waals surface area contributed by atoms with Crippen molar-refractivity contribution in [3.63, 3.8) is 0 Å². The molecule has 2 aromatic carbocycles. The summed E-state index contributed by atoms with van der Waals surface area (Å²) in [5.41, 5.74) is 2.19. The van der Waals surface area contributed by atoms with E-state index in [9.17, 15) is 9.59 Å². The van der Waals surface area contributed by atoms with Gasteiger partial charge in [0.15, 0.2) is 5.01 Å². The Morgan fingerprint density at radius 3 is 2.75 bits per heavy atom. The molecule has 1 fully saturated rings. The van der Waals surface area contributed by atoms with E-state index < -0.39 is 0 Å². The number of hydrogen-bond donors (Lipinski definition) is 2. The fourth-order valence-corrected chi connectivity index (χ4v) is 3.91. The van der Waals surface area contributed by atoms with Crippen molar-refractivity contribution in [1.29, 1.82) is 0 Å². The van der Waals surface area contributed by atoms with E-state index >= 15 is 0 Å². The summed E-state index contributed by atoms with van der Waals surface area (Å²) >= 11 is 1.18. The van der Waals surface area contributed by atoms with E-state index in [1.54, 1.807) is 24.3 Å². The molecule has 0 unspecified atom stereocenters. The predicted molar refractivity (Wildman–Crippen MR) is 121 cm³/mol. The highest BCUT2D eigenvalue weighted by Gasteiger charge is 2.17. The Bertz CT molecular complexity index is 1080. The van der Waals surface area contributed by atoms with Crippen molar-refractivity contribution in [2.45, 2.75) is 32.5 Å². The molecule has 32 heavy (non-hydrogen) atoms. The molecule has 1 aliphatic heterocycles. The Balaban J connectivity index is 1.27. The lowest BCUT2D eigenvalue weighted by Crippen LogP contribution is -2.31. The molecule has 1 atom stereocenters. The number of ether oxygens (including phenoxy) is 2. The van der Waals surface area contributed by atoms with E-state index in [1.165, 1.54) is 11.3 Å². The molecule has 1 aliphatic rings. The molecule has 9 heteroatoms. The first-order valence-corrected chi connectivity index (χ1v) is 11.2. The van der Waals surface area contributed by atoms with Crippen LogP contribution in [0.25, 0.3) is 0 Å². The Morgan fingerprint density at radius 1 is 1.16 bits per heavy atom. The molecular weight excluding hydrogens is 428 g/mol. The molecule has 0 radical (unpaired) electrons. The lowest BCUT2D eigenvalue weighted by molar-refractivity contribution is 0.0857. The zero-order valence-electron chi connectivity index (χ0n) is 17.7. The molecule has 2 heterocycles. The van der Waals surface area contributed by atoms with Crippen LogP contribution in [0, 0.1) is 6.92 Å². The van der Waals surface area contributed by atoms with Crippen LogP contribution in [0.3, 0.4) is 0 Å². The first-order chi connectivity index (χ1) is 15.6. The van der Waals surface area contributed by atoms with Crippen LogP contribution in [0.5, 0.6) is 5.75 Å². The molecule has 0 saturated carbocycles. The molecule has 8 nitrogen and oxygen atoms in total. The average Bonchev–Trinajstić information content (AvgIpc) is 3.49. The molecule has 166 valence electrons. The van der Waals surface area contributed by atoms with Gasteiger partial charge in [-0.1, -0.05) is 23.5 Å². The number of nitrogens with zero attached hydrogens (tertiary/aromatic N) is 2. The molecule has 1 aromatic heterocycles. The second kappa shape index (κ2) is 10.3. The minimum Gasteiger partial charge on any atom is -0.486 e. The highest BCUT2D eigenvalue weighted by Crippen LogP contribution is 2.18. The molecule has 2 amide bonds. The van der Waals surface area contributed by atoms with Crippen molar-refractivity contribution in [3.05, 3.63) is 69.7 Å². The summed E-state index contributed by atoms with van der Waals surface area (Å²) in [5, 5.41) is 14.5. The van der Waals surface area contributed by atoms with Gasteiger partial charge >= 0.3 is 0 Å². The standard InChI is InChI=1S/C23H24N4O4S/c1-15-4-2-5-18(12-15)31-14-20-26-27-23(32-20)22(29)25-17-9-7-16(8-10-17)21(28)24-13-19-6-3-11-30-19/h2,4-5,7-10,12,19H,3,6,11,13-14H2,1H3,(H,24,28)(H,25,29)/t19-/m1/s1. The zero-order valence-corrected chi connectivity index (χ0v) is 18.5. The van der Waals surface area contributed by atoms with Gasteiger partial charge in [-0.15, -0.1) is 10.2 Å². The van der Waals surface area contributed by atoms with Crippen LogP contribution in [0.2, 0.25) is 0 Å². The number of amides is 2. The van der Waals surface area contributed by atoms with Crippen molar-refractivity contribution >= 4 is 28.8 Å². The first kappa shape index (κ1) is 21.9. The van der Waals surface area contributed by atoms with E-state index in [2.05, 4.69) is 20.8 Å². The van der Waals surface area contributed by atoms with Crippen molar-refractivity contribution in [1.82, 2.24) is 15.5 Å². The van der Waals surface area contributed by atoms with Crippen molar-refractivity contribution in [3.8, 4) is 5.75 Å². The second-order valence-electron chi connectivity index (χ2n) is 7.48. The van der Waals surface area contributed by atoms with Crippen LogP contribution >= 0.6 is 11.3 Å². The van der Waals surface area contributed by atoms with Crippen molar-refractivity contribution in [2.75, 3.05) is 18.5 Å². The lowest BCUT2D eigenvalue weighted by Gasteiger charge is -2.11. The molecular formula is C23H24N4O4S.